The molecule has 1 aliphatic rings. The first-order valence-corrected chi connectivity index (χ1v) is 9.96. The summed E-state index contributed by atoms with van der Waals surface area (Å²) >= 11 is 15.7. The maximum absolute atomic E-state index is 12.6. The predicted molar refractivity (Wildman–Crippen MR) is 114 cm³/mol. The molecular formula is C22H13BrCl2O3. The number of fused-ring (bicyclic) bond motifs is 1. The molecule has 1 aliphatic heterocycles. The molecule has 140 valence electrons. The summed E-state index contributed by atoms with van der Waals surface area (Å²) in [5, 5.41) is 1.08. The van der Waals surface area contributed by atoms with Crippen LogP contribution in [0.15, 0.2) is 70.9 Å². The molecule has 4 rings (SSSR count). The number of rotatable bonds is 4. The zero-order valence-electron chi connectivity index (χ0n) is 14.4. The van der Waals surface area contributed by atoms with Crippen LogP contribution in [-0.2, 0) is 6.61 Å². The first-order chi connectivity index (χ1) is 13.5. The molecule has 0 aliphatic carbocycles. The number of carbonyl (C=O) groups excluding carboxylic acids is 1. The highest BCUT2D eigenvalue weighted by Gasteiger charge is 2.27. The molecule has 0 spiro atoms. The minimum absolute atomic E-state index is 0.154. The van der Waals surface area contributed by atoms with Crippen LogP contribution in [0.5, 0.6) is 11.5 Å². The predicted octanol–water partition coefficient (Wildman–Crippen LogP) is 6.95. The molecule has 0 fully saturated rings. The van der Waals surface area contributed by atoms with Crippen molar-refractivity contribution >= 4 is 51.0 Å². The fourth-order valence-electron chi connectivity index (χ4n) is 2.79. The zero-order valence-corrected chi connectivity index (χ0v) is 17.5. The van der Waals surface area contributed by atoms with Crippen LogP contribution in [0, 0.1) is 0 Å². The van der Waals surface area contributed by atoms with Crippen LogP contribution in [0.3, 0.4) is 0 Å². The Morgan fingerprint density at radius 3 is 2.43 bits per heavy atom. The van der Waals surface area contributed by atoms with E-state index < -0.39 is 0 Å². The summed E-state index contributed by atoms with van der Waals surface area (Å²) in [5.41, 5.74) is 2.09. The molecule has 0 saturated carbocycles. The molecule has 0 radical (unpaired) electrons. The van der Waals surface area contributed by atoms with E-state index in [9.17, 15) is 4.79 Å². The molecule has 3 nitrogen and oxygen atoms in total. The highest BCUT2D eigenvalue weighted by molar-refractivity contribution is 9.10. The molecule has 3 aromatic rings. The summed E-state index contributed by atoms with van der Waals surface area (Å²) < 4.78 is 12.5. The van der Waals surface area contributed by atoms with Gasteiger partial charge in [0.15, 0.2) is 5.76 Å². The first-order valence-electron chi connectivity index (χ1n) is 8.41. The van der Waals surface area contributed by atoms with Crippen LogP contribution < -0.4 is 9.47 Å². The minimum Gasteiger partial charge on any atom is -0.489 e. The Hall–Kier alpha value is -2.27. The summed E-state index contributed by atoms with van der Waals surface area (Å²) in [6, 6.07) is 18.0. The largest absolute Gasteiger partial charge is 0.489 e. The average molecular weight is 476 g/mol. The molecule has 0 amide bonds. The Balaban J connectivity index is 1.53. The fourth-order valence-corrected chi connectivity index (χ4v) is 3.56. The van der Waals surface area contributed by atoms with Crippen molar-refractivity contribution in [2.45, 2.75) is 6.61 Å². The van der Waals surface area contributed by atoms with Crippen molar-refractivity contribution in [3.05, 3.63) is 97.6 Å². The van der Waals surface area contributed by atoms with Crippen molar-refractivity contribution < 1.29 is 14.3 Å². The van der Waals surface area contributed by atoms with Gasteiger partial charge in [0.05, 0.1) is 5.56 Å². The highest BCUT2D eigenvalue weighted by atomic mass is 79.9. The van der Waals surface area contributed by atoms with Crippen LogP contribution in [0.4, 0.5) is 0 Å². The second kappa shape index (κ2) is 8.00. The number of carbonyl (C=O) groups is 1. The maximum Gasteiger partial charge on any atom is 0.231 e. The van der Waals surface area contributed by atoms with E-state index in [1.54, 1.807) is 42.5 Å². The fraction of sp³-hybridized carbons (Fsp3) is 0.0455. The van der Waals surface area contributed by atoms with Crippen molar-refractivity contribution in [1.29, 1.82) is 0 Å². The summed E-state index contributed by atoms with van der Waals surface area (Å²) in [7, 11) is 0. The lowest BCUT2D eigenvalue weighted by Gasteiger charge is -2.10. The minimum atomic E-state index is -0.154. The van der Waals surface area contributed by atoms with E-state index in [0.717, 1.165) is 10.0 Å². The van der Waals surface area contributed by atoms with Gasteiger partial charge in [-0.05, 0) is 48.0 Å². The Morgan fingerprint density at radius 2 is 1.71 bits per heavy atom. The van der Waals surface area contributed by atoms with E-state index in [1.807, 2.05) is 24.3 Å². The zero-order chi connectivity index (χ0) is 19.7. The third-order valence-corrected chi connectivity index (χ3v) is 5.49. The monoisotopic (exact) mass is 474 g/mol. The Morgan fingerprint density at radius 1 is 1.00 bits per heavy atom. The molecule has 3 aromatic carbocycles. The van der Waals surface area contributed by atoms with E-state index >= 15 is 0 Å². The third-order valence-electron chi connectivity index (χ3n) is 4.25. The van der Waals surface area contributed by atoms with E-state index in [2.05, 4.69) is 15.9 Å². The van der Waals surface area contributed by atoms with Gasteiger partial charge in [-0.3, -0.25) is 4.79 Å². The maximum atomic E-state index is 12.6. The Bertz CT molecular complexity index is 1070. The number of halogens is 3. The molecule has 6 heteroatoms. The number of hydrogen-bond acceptors (Lipinski definition) is 3. The molecule has 0 aromatic heterocycles. The molecular weight excluding hydrogens is 463 g/mol. The number of benzene rings is 3. The van der Waals surface area contributed by atoms with Gasteiger partial charge in [0, 0.05) is 26.1 Å². The van der Waals surface area contributed by atoms with Crippen molar-refractivity contribution in [1.82, 2.24) is 0 Å². The molecule has 0 bridgehead atoms. The quantitative estimate of drug-likeness (QED) is 0.383. The first kappa shape index (κ1) is 19.1. The van der Waals surface area contributed by atoms with Gasteiger partial charge in [-0.1, -0.05) is 57.3 Å². The van der Waals surface area contributed by atoms with Crippen molar-refractivity contribution in [2.75, 3.05) is 0 Å². The molecule has 1 heterocycles. The van der Waals surface area contributed by atoms with Crippen LogP contribution >= 0.6 is 39.1 Å². The second-order valence-electron chi connectivity index (χ2n) is 6.14. The SMILES string of the molecule is O=C1/C(=C/c2ccc(Br)cc2)Oc2cc(OCc3c(Cl)cccc3Cl)ccc21. The third kappa shape index (κ3) is 3.95. The standard InChI is InChI=1S/C22H13BrCl2O3/c23-14-6-4-13(5-7-14)10-21-22(26)16-9-8-15(11-20(16)28-21)27-12-17-18(24)2-1-3-19(17)25/h1-11H,12H2/b21-10-. The lowest BCUT2D eigenvalue weighted by Crippen LogP contribution is -1.98. The summed E-state index contributed by atoms with van der Waals surface area (Å²) in [6.45, 7) is 0.215. The summed E-state index contributed by atoms with van der Waals surface area (Å²) in [5.74, 6) is 1.16. The Labute approximate surface area is 180 Å². The van der Waals surface area contributed by atoms with Gasteiger partial charge in [-0.15, -0.1) is 0 Å². The number of ketones is 1. The van der Waals surface area contributed by atoms with Gasteiger partial charge < -0.3 is 9.47 Å². The topological polar surface area (TPSA) is 35.5 Å². The number of allylic oxidation sites excluding steroid dienone is 1. The smallest absolute Gasteiger partial charge is 0.231 e. The summed E-state index contributed by atoms with van der Waals surface area (Å²) in [6.07, 6.45) is 1.72. The lowest BCUT2D eigenvalue weighted by atomic mass is 10.1. The van der Waals surface area contributed by atoms with Crippen molar-refractivity contribution in [2.24, 2.45) is 0 Å². The Kier molecular flexibility index (Phi) is 5.44. The van der Waals surface area contributed by atoms with Gasteiger partial charge in [0.1, 0.15) is 18.1 Å². The van der Waals surface area contributed by atoms with E-state index in [0.29, 0.717) is 32.7 Å². The number of hydrogen-bond donors (Lipinski definition) is 0. The molecule has 28 heavy (non-hydrogen) atoms. The van der Waals surface area contributed by atoms with Gasteiger partial charge >= 0.3 is 0 Å². The van der Waals surface area contributed by atoms with Crippen molar-refractivity contribution in [3.63, 3.8) is 0 Å². The van der Waals surface area contributed by atoms with Crippen LogP contribution in [0.1, 0.15) is 21.5 Å². The summed E-state index contributed by atoms with van der Waals surface area (Å²) in [4.78, 5) is 12.6. The van der Waals surface area contributed by atoms with E-state index in [1.165, 1.54) is 0 Å². The molecule has 0 N–H and O–H groups in total. The number of ether oxygens (including phenoxy) is 2. The van der Waals surface area contributed by atoms with E-state index in [4.69, 9.17) is 32.7 Å². The van der Waals surface area contributed by atoms with Crippen LogP contribution in [0.25, 0.3) is 6.08 Å². The lowest BCUT2D eigenvalue weighted by molar-refractivity contribution is 0.101. The average Bonchev–Trinajstić information content (AvgIpc) is 2.98. The number of Topliss-reactive ketones (excluding diaryl/α,β-unsaturated/α-hetero) is 1. The molecule has 0 unspecified atom stereocenters. The van der Waals surface area contributed by atoms with Crippen molar-refractivity contribution in [3.8, 4) is 11.5 Å². The van der Waals surface area contributed by atoms with Crippen LogP contribution in [0.2, 0.25) is 10.0 Å². The van der Waals surface area contributed by atoms with Crippen LogP contribution in [-0.4, -0.2) is 5.78 Å². The van der Waals surface area contributed by atoms with E-state index in [-0.39, 0.29) is 18.1 Å². The van der Waals surface area contributed by atoms with Gasteiger partial charge in [-0.25, -0.2) is 0 Å². The molecule has 0 atom stereocenters. The highest BCUT2D eigenvalue weighted by Crippen LogP contribution is 2.35. The van der Waals surface area contributed by atoms with Gasteiger partial charge in [-0.2, -0.15) is 0 Å². The molecule has 0 saturated heterocycles. The normalized spacial score (nSPS) is 14.1. The van der Waals surface area contributed by atoms with Gasteiger partial charge in [0.25, 0.3) is 0 Å². The van der Waals surface area contributed by atoms with Gasteiger partial charge in [0.2, 0.25) is 5.78 Å². The second-order valence-corrected chi connectivity index (χ2v) is 7.87.